The Kier molecular flexibility index (Phi) is 6.29. The summed E-state index contributed by atoms with van der Waals surface area (Å²) in [4.78, 5) is 9.00. The van der Waals surface area contributed by atoms with E-state index in [9.17, 15) is 8.78 Å². The van der Waals surface area contributed by atoms with Crippen molar-refractivity contribution in [3.05, 3.63) is 76.5 Å². The number of rotatable bonds is 6. The van der Waals surface area contributed by atoms with E-state index in [-0.39, 0.29) is 5.92 Å². The first kappa shape index (κ1) is 20.3. The molecule has 0 saturated carbocycles. The first-order valence-electron chi connectivity index (χ1n) is 9.02. The zero-order chi connectivity index (χ0) is 20.3. The van der Waals surface area contributed by atoms with Crippen LogP contribution >= 0.6 is 11.8 Å². The first-order valence-corrected chi connectivity index (χ1v) is 10.0. The molecule has 0 saturated heterocycles. The summed E-state index contributed by atoms with van der Waals surface area (Å²) in [6.45, 7) is 8.15. The van der Waals surface area contributed by atoms with Gasteiger partial charge in [-0.1, -0.05) is 37.7 Å². The molecule has 0 atom stereocenters. The Morgan fingerprint density at radius 3 is 2.43 bits per heavy atom. The largest absolute Gasteiger partial charge is 0.439 e. The summed E-state index contributed by atoms with van der Waals surface area (Å²) in [6.07, 6.45) is 0. The van der Waals surface area contributed by atoms with Gasteiger partial charge in [-0.05, 0) is 54.7 Å². The van der Waals surface area contributed by atoms with Gasteiger partial charge in [0.2, 0.25) is 5.88 Å². The Morgan fingerprint density at radius 1 is 0.964 bits per heavy atom. The fourth-order valence-electron chi connectivity index (χ4n) is 2.51. The fourth-order valence-corrected chi connectivity index (χ4v) is 3.36. The number of thioether (sulfide) groups is 1. The van der Waals surface area contributed by atoms with Crippen molar-refractivity contribution in [2.75, 3.05) is 0 Å². The van der Waals surface area contributed by atoms with E-state index in [1.807, 2.05) is 52.0 Å². The van der Waals surface area contributed by atoms with Crippen LogP contribution in [0.15, 0.2) is 47.6 Å². The Labute approximate surface area is 168 Å². The van der Waals surface area contributed by atoms with Gasteiger partial charge in [0.1, 0.15) is 17.4 Å². The summed E-state index contributed by atoms with van der Waals surface area (Å²) in [5.74, 6) is 0.483. The monoisotopic (exact) mass is 400 g/mol. The Hall–Kier alpha value is -2.47. The van der Waals surface area contributed by atoms with E-state index in [0.29, 0.717) is 28.1 Å². The number of hydrogen-bond acceptors (Lipinski definition) is 4. The Balaban J connectivity index is 1.83. The van der Waals surface area contributed by atoms with Gasteiger partial charge in [-0.25, -0.2) is 13.8 Å². The number of aryl methyl sites for hydroxylation is 2. The van der Waals surface area contributed by atoms with E-state index >= 15 is 0 Å². The summed E-state index contributed by atoms with van der Waals surface area (Å²) >= 11 is 1.29. The number of nitrogens with zero attached hydrogens (tertiary/aromatic N) is 2. The van der Waals surface area contributed by atoms with E-state index < -0.39 is 11.6 Å². The molecule has 3 rings (SSSR count). The molecule has 0 aliphatic carbocycles. The second kappa shape index (κ2) is 8.69. The third-order valence-corrected chi connectivity index (χ3v) is 5.26. The molecule has 1 aromatic heterocycles. The molecule has 2 aromatic carbocycles. The third kappa shape index (κ3) is 5.07. The number of halogens is 2. The van der Waals surface area contributed by atoms with E-state index in [2.05, 4.69) is 9.97 Å². The van der Waals surface area contributed by atoms with Crippen LogP contribution in [-0.4, -0.2) is 9.97 Å². The number of aromatic nitrogens is 2. The third-order valence-electron chi connectivity index (χ3n) is 4.37. The molecule has 0 amide bonds. The molecule has 0 spiro atoms. The van der Waals surface area contributed by atoms with Gasteiger partial charge in [0, 0.05) is 17.9 Å². The van der Waals surface area contributed by atoms with Gasteiger partial charge in [-0.15, -0.1) is 0 Å². The molecular weight excluding hydrogens is 378 g/mol. The lowest BCUT2D eigenvalue weighted by Gasteiger charge is -2.12. The summed E-state index contributed by atoms with van der Waals surface area (Å²) in [5, 5.41) is 0.494. The van der Waals surface area contributed by atoms with Crippen molar-refractivity contribution in [3.63, 3.8) is 0 Å². The number of ether oxygens (including phenoxy) is 1. The van der Waals surface area contributed by atoms with Crippen LogP contribution in [0.2, 0.25) is 0 Å². The van der Waals surface area contributed by atoms with E-state index in [4.69, 9.17) is 4.74 Å². The molecule has 0 fully saturated rings. The van der Waals surface area contributed by atoms with Gasteiger partial charge in [-0.2, -0.15) is 4.98 Å². The molecule has 0 aliphatic heterocycles. The highest BCUT2D eigenvalue weighted by molar-refractivity contribution is 7.98. The molecule has 3 aromatic rings. The summed E-state index contributed by atoms with van der Waals surface area (Å²) in [5.41, 5.74) is 3.57. The smallest absolute Gasteiger partial charge is 0.223 e. The highest BCUT2D eigenvalue weighted by atomic mass is 32.2. The maximum absolute atomic E-state index is 13.9. The lowest BCUT2D eigenvalue weighted by molar-refractivity contribution is 0.452. The summed E-state index contributed by atoms with van der Waals surface area (Å²) in [6, 6.07) is 11.3. The van der Waals surface area contributed by atoms with Gasteiger partial charge in [0.25, 0.3) is 0 Å². The molecule has 3 nitrogen and oxygen atoms in total. The SMILES string of the molecule is Cc1ccc(Oc2cc(C(C)C)nc(SCc3ccc(F)cc3F)n2)cc1C. The van der Waals surface area contributed by atoms with Crippen LogP contribution in [0.5, 0.6) is 11.6 Å². The fraction of sp³-hybridized carbons (Fsp3) is 0.273. The standard InChI is InChI=1S/C22H22F2N2OS/c1-13(2)20-11-21(27-18-8-5-14(3)15(4)9-18)26-22(25-20)28-12-16-6-7-17(23)10-19(16)24/h5-11,13H,12H2,1-4H3. The first-order chi connectivity index (χ1) is 13.3. The maximum Gasteiger partial charge on any atom is 0.223 e. The molecule has 0 aliphatic rings. The predicted octanol–water partition coefficient (Wildman–Crippen LogP) is 6.58. The molecular formula is C22H22F2N2OS. The highest BCUT2D eigenvalue weighted by Gasteiger charge is 2.12. The molecule has 6 heteroatoms. The van der Waals surface area contributed by atoms with Crippen molar-refractivity contribution in [1.29, 1.82) is 0 Å². The van der Waals surface area contributed by atoms with Crippen molar-refractivity contribution in [1.82, 2.24) is 9.97 Å². The van der Waals surface area contributed by atoms with Crippen LogP contribution in [0.3, 0.4) is 0 Å². The molecule has 28 heavy (non-hydrogen) atoms. The Morgan fingerprint density at radius 2 is 1.75 bits per heavy atom. The van der Waals surface area contributed by atoms with Crippen LogP contribution in [0.1, 0.15) is 42.1 Å². The summed E-state index contributed by atoms with van der Waals surface area (Å²) < 4.78 is 32.9. The zero-order valence-corrected chi connectivity index (χ0v) is 17.1. The van der Waals surface area contributed by atoms with Crippen LogP contribution in [0.4, 0.5) is 8.78 Å². The van der Waals surface area contributed by atoms with Crippen LogP contribution in [0.25, 0.3) is 0 Å². The topological polar surface area (TPSA) is 35.0 Å². The average molecular weight is 400 g/mol. The van der Waals surface area contributed by atoms with Crippen molar-refractivity contribution in [2.45, 2.75) is 44.5 Å². The van der Waals surface area contributed by atoms with Gasteiger partial charge in [0.15, 0.2) is 5.16 Å². The van der Waals surface area contributed by atoms with E-state index in [1.54, 1.807) is 0 Å². The van der Waals surface area contributed by atoms with Gasteiger partial charge >= 0.3 is 0 Å². The van der Waals surface area contributed by atoms with E-state index in [0.717, 1.165) is 17.3 Å². The lowest BCUT2D eigenvalue weighted by atomic mass is 10.1. The lowest BCUT2D eigenvalue weighted by Crippen LogP contribution is -2.00. The minimum atomic E-state index is -0.589. The van der Waals surface area contributed by atoms with Gasteiger partial charge in [0.05, 0.1) is 5.69 Å². The molecule has 0 bridgehead atoms. The number of hydrogen-bond donors (Lipinski definition) is 0. The van der Waals surface area contributed by atoms with Crippen molar-refractivity contribution in [2.24, 2.45) is 0 Å². The van der Waals surface area contributed by atoms with Crippen LogP contribution < -0.4 is 4.74 Å². The molecule has 146 valence electrons. The minimum Gasteiger partial charge on any atom is -0.439 e. The molecule has 0 unspecified atom stereocenters. The number of benzene rings is 2. The second-order valence-electron chi connectivity index (χ2n) is 6.94. The van der Waals surface area contributed by atoms with E-state index in [1.165, 1.54) is 29.5 Å². The van der Waals surface area contributed by atoms with Crippen molar-refractivity contribution in [3.8, 4) is 11.6 Å². The normalized spacial score (nSPS) is 11.1. The van der Waals surface area contributed by atoms with Crippen molar-refractivity contribution >= 4 is 11.8 Å². The zero-order valence-electron chi connectivity index (χ0n) is 16.3. The molecule has 0 N–H and O–H groups in total. The maximum atomic E-state index is 13.9. The van der Waals surface area contributed by atoms with Crippen LogP contribution in [0, 0.1) is 25.5 Å². The van der Waals surface area contributed by atoms with Gasteiger partial charge < -0.3 is 4.74 Å². The minimum absolute atomic E-state index is 0.187. The second-order valence-corrected chi connectivity index (χ2v) is 7.88. The highest BCUT2D eigenvalue weighted by Crippen LogP contribution is 2.29. The van der Waals surface area contributed by atoms with Crippen molar-refractivity contribution < 1.29 is 13.5 Å². The Bertz CT molecular complexity index is 992. The molecule has 1 heterocycles. The quantitative estimate of drug-likeness (QED) is 0.346. The summed E-state index contributed by atoms with van der Waals surface area (Å²) in [7, 11) is 0. The predicted molar refractivity (Wildman–Crippen MR) is 108 cm³/mol. The average Bonchev–Trinajstić information content (AvgIpc) is 2.64. The molecule has 0 radical (unpaired) electrons. The van der Waals surface area contributed by atoms with Crippen LogP contribution in [-0.2, 0) is 5.75 Å². The van der Waals surface area contributed by atoms with Gasteiger partial charge in [-0.3, -0.25) is 0 Å².